The lowest BCUT2D eigenvalue weighted by molar-refractivity contribution is -0.130. The van der Waals surface area contributed by atoms with Crippen molar-refractivity contribution in [1.29, 1.82) is 0 Å². The third-order valence-corrected chi connectivity index (χ3v) is 3.23. The molecule has 0 heterocycles. The van der Waals surface area contributed by atoms with Crippen molar-refractivity contribution in [2.45, 2.75) is 52.4 Å². The Bertz CT molecular complexity index is 289. The highest BCUT2D eigenvalue weighted by Gasteiger charge is 2.25. The minimum Gasteiger partial charge on any atom is -0.339 e. The average Bonchev–Trinajstić information content (AvgIpc) is 3.19. The number of carbonyl (C=O) groups excluding carboxylic acids is 1. The Balaban J connectivity index is 2.20. The van der Waals surface area contributed by atoms with E-state index in [1.54, 1.807) is 0 Å². The smallest absolute Gasteiger partial charge is 0.222 e. The largest absolute Gasteiger partial charge is 0.339 e. The van der Waals surface area contributed by atoms with Crippen LogP contribution >= 0.6 is 0 Å². The minimum absolute atomic E-state index is 0.289. The Kier molecular flexibility index (Phi) is 7.47. The molecule has 0 atom stereocenters. The standard InChI is InChI=1S/C16H27NO/c1-3-5-6-7-8-9-10-13-17(16(18)4-2)14-15-11-12-15/h5-6,9-10,15H,3-4,7-8,11-14H2,1-2H3. The van der Waals surface area contributed by atoms with Crippen molar-refractivity contribution >= 4 is 5.91 Å². The highest BCUT2D eigenvalue weighted by atomic mass is 16.2. The molecular weight excluding hydrogens is 222 g/mol. The normalized spacial score (nSPS) is 15.7. The molecule has 0 unspecified atom stereocenters. The van der Waals surface area contributed by atoms with Gasteiger partial charge in [0.1, 0.15) is 0 Å². The highest BCUT2D eigenvalue weighted by Crippen LogP contribution is 2.29. The Hall–Kier alpha value is -1.05. The molecule has 1 aliphatic carbocycles. The molecule has 1 amide bonds. The van der Waals surface area contributed by atoms with Gasteiger partial charge in [0.05, 0.1) is 0 Å². The van der Waals surface area contributed by atoms with Gasteiger partial charge < -0.3 is 4.90 Å². The summed E-state index contributed by atoms with van der Waals surface area (Å²) in [6.45, 7) is 5.85. The lowest BCUT2D eigenvalue weighted by Gasteiger charge is -2.20. The van der Waals surface area contributed by atoms with Gasteiger partial charge in [-0.15, -0.1) is 0 Å². The fourth-order valence-corrected chi connectivity index (χ4v) is 1.91. The van der Waals surface area contributed by atoms with Crippen LogP contribution in [0.3, 0.4) is 0 Å². The molecule has 102 valence electrons. The molecule has 1 rings (SSSR count). The van der Waals surface area contributed by atoms with E-state index in [-0.39, 0.29) is 5.91 Å². The van der Waals surface area contributed by atoms with E-state index in [0.29, 0.717) is 6.42 Å². The summed E-state index contributed by atoms with van der Waals surface area (Å²) >= 11 is 0. The van der Waals surface area contributed by atoms with E-state index in [0.717, 1.165) is 38.3 Å². The van der Waals surface area contributed by atoms with Crippen LogP contribution in [0.1, 0.15) is 52.4 Å². The molecule has 0 radical (unpaired) electrons. The lowest BCUT2D eigenvalue weighted by Crippen LogP contribution is -2.32. The first-order valence-corrected chi connectivity index (χ1v) is 7.35. The van der Waals surface area contributed by atoms with Crippen LogP contribution < -0.4 is 0 Å². The van der Waals surface area contributed by atoms with Gasteiger partial charge in [0.2, 0.25) is 5.91 Å². The molecule has 0 aliphatic heterocycles. The second-order valence-electron chi connectivity index (χ2n) is 5.02. The van der Waals surface area contributed by atoms with E-state index < -0.39 is 0 Å². The van der Waals surface area contributed by atoms with Crippen molar-refractivity contribution in [3.05, 3.63) is 24.3 Å². The van der Waals surface area contributed by atoms with E-state index >= 15 is 0 Å². The maximum Gasteiger partial charge on any atom is 0.222 e. The summed E-state index contributed by atoms with van der Waals surface area (Å²) in [7, 11) is 0. The number of allylic oxidation sites excluding steroid dienone is 3. The van der Waals surface area contributed by atoms with E-state index in [4.69, 9.17) is 0 Å². The first-order chi connectivity index (χ1) is 8.77. The van der Waals surface area contributed by atoms with Crippen LogP contribution in [0.25, 0.3) is 0 Å². The zero-order chi connectivity index (χ0) is 13.2. The zero-order valence-corrected chi connectivity index (χ0v) is 11.9. The van der Waals surface area contributed by atoms with Crippen LogP contribution in [0, 0.1) is 5.92 Å². The molecule has 0 N–H and O–H groups in total. The first-order valence-electron chi connectivity index (χ1n) is 7.35. The quantitative estimate of drug-likeness (QED) is 0.448. The van der Waals surface area contributed by atoms with Crippen molar-refractivity contribution in [2.75, 3.05) is 13.1 Å². The van der Waals surface area contributed by atoms with Crippen molar-refractivity contribution in [3.63, 3.8) is 0 Å². The summed E-state index contributed by atoms with van der Waals surface area (Å²) in [5.41, 5.74) is 0. The van der Waals surface area contributed by atoms with E-state index in [2.05, 4.69) is 31.2 Å². The predicted octanol–water partition coefficient (Wildman–Crippen LogP) is 3.94. The Morgan fingerprint density at radius 2 is 1.78 bits per heavy atom. The summed E-state index contributed by atoms with van der Waals surface area (Å²) in [5.74, 6) is 1.07. The van der Waals surface area contributed by atoms with E-state index in [1.807, 2.05) is 11.8 Å². The molecule has 0 spiro atoms. The van der Waals surface area contributed by atoms with E-state index in [9.17, 15) is 4.79 Å². The summed E-state index contributed by atoms with van der Waals surface area (Å²) in [5, 5.41) is 0. The van der Waals surface area contributed by atoms with Crippen LogP contribution in [0.15, 0.2) is 24.3 Å². The van der Waals surface area contributed by atoms with Crippen LogP contribution in [0.2, 0.25) is 0 Å². The number of amides is 1. The highest BCUT2D eigenvalue weighted by molar-refractivity contribution is 5.76. The van der Waals surface area contributed by atoms with Gasteiger partial charge in [0, 0.05) is 19.5 Å². The monoisotopic (exact) mass is 249 g/mol. The van der Waals surface area contributed by atoms with Gasteiger partial charge in [0.25, 0.3) is 0 Å². The van der Waals surface area contributed by atoms with Gasteiger partial charge in [-0.1, -0.05) is 38.2 Å². The number of hydrogen-bond acceptors (Lipinski definition) is 1. The topological polar surface area (TPSA) is 20.3 Å². The van der Waals surface area contributed by atoms with Gasteiger partial charge in [-0.25, -0.2) is 0 Å². The molecule has 2 heteroatoms. The zero-order valence-electron chi connectivity index (χ0n) is 11.9. The number of nitrogens with zero attached hydrogens (tertiary/aromatic N) is 1. The third-order valence-electron chi connectivity index (χ3n) is 3.23. The predicted molar refractivity (Wildman–Crippen MR) is 77.4 cm³/mol. The molecule has 0 aromatic heterocycles. The molecule has 0 aromatic rings. The van der Waals surface area contributed by atoms with Gasteiger partial charge in [-0.3, -0.25) is 4.79 Å². The number of rotatable bonds is 9. The second-order valence-corrected chi connectivity index (χ2v) is 5.02. The van der Waals surface area contributed by atoms with Gasteiger partial charge in [-0.2, -0.15) is 0 Å². The Morgan fingerprint density at radius 1 is 1.11 bits per heavy atom. The SMILES string of the molecule is CCC=CCCC=CCN(CC1CC1)C(=O)CC. The number of hydrogen-bond donors (Lipinski definition) is 0. The van der Waals surface area contributed by atoms with Crippen molar-refractivity contribution < 1.29 is 4.79 Å². The maximum absolute atomic E-state index is 11.8. The Morgan fingerprint density at radius 3 is 2.33 bits per heavy atom. The van der Waals surface area contributed by atoms with Gasteiger partial charge in [0.15, 0.2) is 0 Å². The fraction of sp³-hybridized carbons (Fsp3) is 0.688. The first kappa shape index (κ1) is 15.0. The maximum atomic E-state index is 11.8. The van der Waals surface area contributed by atoms with Crippen LogP contribution in [-0.4, -0.2) is 23.9 Å². The van der Waals surface area contributed by atoms with Crippen LogP contribution in [0.4, 0.5) is 0 Å². The van der Waals surface area contributed by atoms with Gasteiger partial charge >= 0.3 is 0 Å². The lowest BCUT2D eigenvalue weighted by atomic mass is 10.2. The summed E-state index contributed by atoms with van der Waals surface area (Å²) in [4.78, 5) is 13.8. The summed E-state index contributed by atoms with van der Waals surface area (Å²) in [6, 6.07) is 0. The average molecular weight is 249 g/mol. The minimum atomic E-state index is 0.289. The summed E-state index contributed by atoms with van der Waals surface area (Å²) < 4.78 is 0. The molecule has 18 heavy (non-hydrogen) atoms. The number of carbonyl (C=O) groups is 1. The van der Waals surface area contributed by atoms with Crippen LogP contribution in [0.5, 0.6) is 0 Å². The molecule has 1 saturated carbocycles. The number of unbranched alkanes of at least 4 members (excludes halogenated alkanes) is 1. The van der Waals surface area contributed by atoms with Gasteiger partial charge in [-0.05, 0) is 38.0 Å². The van der Waals surface area contributed by atoms with Crippen molar-refractivity contribution in [2.24, 2.45) is 5.92 Å². The second kappa shape index (κ2) is 8.96. The fourth-order valence-electron chi connectivity index (χ4n) is 1.91. The third kappa shape index (κ3) is 6.63. The van der Waals surface area contributed by atoms with Crippen molar-refractivity contribution in [3.8, 4) is 0 Å². The molecule has 1 fully saturated rings. The molecule has 0 saturated heterocycles. The van der Waals surface area contributed by atoms with Crippen LogP contribution in [-0.2, 0) is 4.79 Å². The van der Waals surface area contributed by atoms with E-state index in [1.165, 1.54) is 12.8 Å². The Labute approximate surface area is 112 Å². The molecular formula is C16H27NO. The molecule has 0 bridgehead atoms. The van der Waals surface area contributed by atoms with Crippen molar-refractivity contribution in [1.82, 2.24) is 4.90 Å². The molecule has 0 aromatic carbocycles. The molecule has 1 aliphatic rings. The summed E-state index contributed by atoms with van der Waals surface area (Å²) in [6.07, 6.45) is 15.3. The molecule has 2 nitrogen and oxygen atoms in total.